The van der Waals surface area contributed by atoms with Crippen molar-refractivity contribution in [3.8, 4) is 0 Å². The van der Waals surface area contributed by atoms with Crippen LogP contribution in [0.15, 0.2) is 18.3 Å². The number of nitrogens with one attached hydrogen (secondary N) is 1. The Kier molecular flexibility index (Phi) is 3.41. The van der Waals surface area contributed by atoms with Crippen molar-refractivity contribution in [3.63, 3.8) is 0 Å². The number of nitrogens with zero attached hydrogens (tertiary/aromatic N) is 1. The molecule has 0 amide bonds. The lowest BCUT2D eigenvalue weighted by Gasteiger charge is -2.26. The van der Waals surface area contributed by atoms with Gasteiger partial charge in [-0.3, -0.25) is 0 Å². The van der Waals surface area contributed by atoms with E-state index in [-0.39, 0.29) is 5.54 Å². The fourth-order valence-corrected chi connectivity index (χ4v) is 1.27. The fraction of sp³-hybridized carbons (Fsp3) is 0.500. The third-order valence-electron chi connectivity index (χ3n) is 1.71. The van der Waals surface area contributed by atoms with Gasteiger partial charge in [0.2, 0.25) is 5.95 Å². The van der Waals surface area contributed by atoms with Gasteiger partial charge in [-0.1, -0.05) is 0 Å². The first-order valence-corrected chi connectivity index (χ1v) is 4.42. The highest BCUT2D eigenvalue weighted by molar-refractivity contribution is 5.43. The van der Waals surface area contributed by atoms with Crippen molar-refractivity contribution >= 4 is 5.69 Å². The molecular weight excluding hydrogens is 183 g/mol. The zero-order valence-electron chi connectivity index (χ0n) is 8.67. The lowest BCUT2D eigenvalue weighted by Crippen LogP contribution is -2.35. The van der Waals surface area contributed by atoms with E-state index < -0.39 is 5.95 Å². The zero-order valence-corrected chi connectivity index (χ0v) is 8.67. The summed E-state index contributed by atoms with van der Waals surface area (Å²) in [6.45, 7) is 4.51. The highest BCUT2D eigenvalue weighted by Crippen LogP contribution is 2.14. The summed E-state index contributed by atoms with van der Waals surface area (Å²) in [6, 6.07) is 3.08. The molecule has 1 N–H and O–H groups in total. The molecule has 0 aliphatic heterocycles. The molecule has 14 heavy (non-hydrogen) atoms. The number of halogens is 1. The molecule has 1 aromatic rings. The van der Waals surface area contributed by atoms with Gasteiger partial charge in [0.1, 0.15) is 0 Å². The standard InChI is InChI=1S/C10H15FN2O/c1-10(2,7-14-3)13-8-4-5-12-9(11)6-8/h4-6H,7H2,1-3H3,(H,12,13). The molecular formula is C10H15FN2O. The van der Waals surface area contributed by atoms with Crippen molar-refractivity contribution in [2.75, 3.05) is 19.0 Å². The second-order valence-corrected chi connectivity index (χ2v) is 3.81. The van der Waals surface area contributed by atoms with Gasteiger partial charge in [-0.15, -0.1) is 0 Å². The normalized spacial score (nSPS) is 11.4. The lowest BCUT2D eigenvalue weighted by atomic mass is 10.1. The minimum absolute atomic E-state index is 0.220. The molecule has 0 bridgehead atoms. The van der Waals surface area contributed by atoms with E-state index in [1.807, 2.05) is 13.8 Å². The molecule has 0 unspecified atom stereocenters. The summed E-state index contributed by atoms with van der Waals surface area (Å²) in [5, 5.41) is 3.16. The van der Waals surface area contributed by atoms with Crippen molar-refractivity contribution in [2.24, 2.45) is 0 Å². The van der Waals surface area contributed by atoms with Gasteiger partial charge < -0.3 is 10.1 Å². The third kappa shape index (κ3) is 3.30. The molecule has 0 spiro atoms. The minimum Gasteiger partial charge on any atom is -0.382 e. The van der Waals surface area contributed by atoms with Crippen molar-refractivity contribution in [1.82, 2.24) is 4.98 Å². The fourth-order valence-electron chi connectivity index (χ4n) is 1.27. The number of hydrogen-bond acceptors (Lipinski definition) is 3. The van der Waals surface area contributed by atoms with Crippen molar-refractivity contribution in [2.45, 2.75) is 19.4 Å². The number of rotatable bonds is 4. The van der Waals surface area contributed by atoms with Gasteiger partial charge in [0.25, 0.3) is 0 Å². The van der Waals surface area contributed by atoms with E-state index in [0.29, 0.717) is 12.3 Å². The number of ether oxygens (including phenoxy) is 1. The zero-order chi connectivity index (χ0) is 10.6. The highest BCUT2D eigenvalue weighted by Gasteiger charge is 2.16. The Morgan fingerprint density at radius 2 is 2.29 bits per heavy atom. The van der Waals surface area contributed by atoms with Gasteiger partial charge in [0, 0.05) is 25.1 Å². The molecule has 0 atom stereocenters. The van der Waals surface area contributed by atoms with Crippen LogP contribution in [-0.2, 0) is 4.74 Å². The summed E-state index contributed by atoms with van der Waals surface area (Å²) < 4.78 is 17.8. The van der Waals surface area contributed by atoms with Gasteiger partial charge in [0.15, 0.2) is 0 Å². The summed E-state index contributed by atoms with van der Waals surface area (Å²) >= 11 is 0. The molecule has 0 aliphatic rings. The average Bonchev–Trinajstić information content (AvgIpc) is 2.02. The highest BCUT2D eigenvalue weighted by atomic mass is 19.1. The van der Waals surface area contributed by atoms with Gasteiger partial charge in [-0.25, -0.2) is 4.98 Å². The Hall–Kier alpha value is -1.16. The van der Waals surface area contributed by atoms with Crippen LogP contribution in [0, 0.1) is 5.95 Å². The molecule has 78 valence electrons. The predicted octanol–water partition coefficient (Wildman–Crippen LogP) is 2.06. The SMILES string of the molecule is COCC(C)(C)Nc1ccnc(F)c1. The third-order valence-corrected chi connectivity index (χ3v) is 1.71. The molecule has 0 aromatic carbocycles. The van der Waals surface area contributed by atoms with E-state index >= 15 is 0 Å². The predicted molar refractivity (Wildman–Crippen MR) is 53.8 cm³/mol. The Morgan fingerprint density at radius 1 is 1.57 bits per heavy atom. The molecule has 0 radical (unpaired) electrons. The Bertz CT molecular complexity index is 302. The van der Waals surface area contributed by atoms with Crippen LogP contribution in [0.1, 0.15) is 13.8 Å². The summed E-state index contributed by atoms with van der Waals surface area (Å²) in [4.78, 5) is 3.48. The van der Waals surface area contributed by atoms with Crippen LogP contribution >= 0.6 is 0 Å². The van der Waals surface area contributed by atoms with Crippen molar-refractivity contribution < 1.29 is 9.13 Å². The molecule has 3 nitrogen and oxygen atoms in total. The molecule has 0 fully saturated rings. The van der Waals surface area contributed by atoms with Crippen molar-refractivity contribution in [3.05, 3.63) is 24.3 Å². The molecule has 0 saturated carbocycles. The van der Waals surface area contributed by atoms with Gasteiger partial charge in [0.05, 0.1) is 12.1 Å². The van der Waals surface area contributed by atoms with E-state index in [4.69, 9.17) is 4.74 Å². The lowest BCUT2D eigenvalue weighted by molar-refractivity contribution is 0.158. The number of pyridine rings is 1. The summed E-state index contributed by atoms with van der Waals surface area (Å²) in [7, 11) is 1.64. The second-order valence-electron chi connectivity index (χ2n) is 3.81. The monoisotopic (exact) mass is 198 g/mol. The van der Waals surface area contributed by atoms with E-state index in [1.54, 1.807) is 13.2 Å². The maximum atomic E-state index is 12.7. The number of aromatic nitrogens is 1. The minimum atomic E-state index is -0.483. The van der Waals surface area contributed by atoms with Gasteiger partial charge in [-0.2, -0.15) is 4.39 Å². The quantitative estimate of drug-likeness (QED) is 0.752. The van der Waals surface area contributed by atoms with Gasteiger partial charge >= 0.3 is 0 Å². The maximum Gasteiger partial charge on any atom is 0.214 e. The van der Waals surface area contributed by atoms with Crippen LogP contribution in [0.4, 0.5) is 10.1 Å². The first-order chi connectivity index (χ1) is 6.53. The van der Waals surface area contributed by atoms with Crippen LogP contribution in [0.25, 0.3) is 0 Å². The van der Waals surface area contributed by atoms with E-state index in [0.717, 1.165) is 0 Å². The smallest absolute Gasteiger partial charge is 0.214 e. The Labute approximate surface area is 83.3 Å². The van der Waals surface area contributed by atoms with Crippen LogP contribution in [-0.4, -0.2) is 24.2 Å². The first-order valence-electron chi connectivity index (χ1n) is 4.42. The van der Waals surface area contributed by atoms with E-state index in [2.05, 4.69) is 10.3 Å². The first kappa shape index (κ1) is 10.9. The summed E-state index contributed by atoms with van der Waals surface area (Å²) in [5.41, 5.74) is 0.488. The average molecular weight is 198 g/mol. The van der Waals surface area contributed by atoms with E-state index in [9.17, 15) is 4.39 Å². The number of anilines is 1. The van der Waals surface area contributed by atoms with Crippen LogP contribution in [0.5, 0.6) is 0 Å². The largest absolute Gasteiger partial charge is 0.382 e. The number of hydrogen-bond donors (Lipinski definition) is 1. The Balaban J connectivity index is 2.68. The van der Waals surface area contributed by atoms with Gasteiger partial charge in [-0.05, 0) is 19.9 Å². The molecule has 4 heteroatoms. The maximum absolute atomic E-state index is 12.7. The molecule has 1 aromatic heterocycles. The molecule has 1 heterocycles. The second kappa shape index (κ2) is 4.37. The topological polar surface area (TPSA) is 34.1 Å². The van der Waals surface area contributed by atoms with E-state index in [1.165, 1.54) is 12.3 Å². The summed E-state index contributed by atoms with van der Waals surface area (Å²) in [5.74, 6) is -0.483. The molecule has 1 rings (SSSR count). The summed E-state index contributed by atoms with van der Waals surface area (Å²) in [6.07, 6.45) is 1.43. The number of methoxy groups -OCH3 is 1. The molecule has 0 saturated heterocycles. The van der Waals surface area contributed by atoms with Crippen LogP contribution in [0.3, 0.4) is 0 Å². The molecule has 0 aliphatic carbocycles. The van der Waals surface area contributed by atoms with Crippen LogP contribution in [0.2, 0.25) is 0 Å². The van der Waals surface area contributed by atoms with Crippen LogP contribution < -0.4 is 5.32 Å². The van der Waals surface area contributed by atoms with Crippen molar-refractivity contribution in [1.29, 1.82) is 0 Å². The Morgan fingerprint density at radius 3 is 2.86 bits per heavy atom.